The minimum Gasteiger partial charge on any atom is -0.481 e. The number of carboxylic acids is 2. The quantitative estimate of drug-likeness (QED) is 0.221. The molecule has 0 aromatic heterocycles. The zero-order valence-electron chi connectivity index (χ0n) is 17.2. The molecular weight excluding hydrogens is 384 g/mol. The maximum absolute atomic E-state index is 12.8. The molecule has 166 valence electrons. The normalized spacial score (nSPS) is 15.0. The minimum absolute atomic E-state index is 0.152. The molecule has 4 unspecified atom stereocenters. The summed E-state index contributed by atoms with van der Waals surface area (Å²) in [5, 5.41) is 24.7. The molecule has 0 saturated heterocycles. The summed E-state index contributed by atoms with van der Waals surface area (Å²) in [7, 11) is 0. The van der Waals surface area contributed by atoms with E-state index in [-0.39, 0.29) is 18.3 Å². The van der Waals surface area contributed by atoms with Crippen LogP contribution >= 0.6 is 0 Å². The third-order valence-electron chi connectivity index (χ3n) is 4.51. The van der Waals surface area contributed by atoms with Gasteiger partial charge in [-0.1, -0.05) is 34.1 Å². The molecule has 0 spiro atoms. The molecule has 11 nitrogen and oxygen atoms in total. The highest BCUT2D eigenvalue weighted by molar-refractivity contribution is 5.94. The van der Waals surface area contributed by atoms with Crippen LogP contribution in [0.25, 0.3) is 0 Å². The van der Waals surface area contributed by atoms with Crippen molar-refractivity contribution >= 4 is 29.7 Å². The highest BCUT2D eigenvalue weighted by Crippen LogP contribution is 2.10. The van der Waals surface area contributed by atoms with E-state index >= 15 is 0 Å². The van der Waals surface area contributed by atoms with Crippen molar-refractivity contribution in [1.29, 1.82) is 0 Å². The molecule has 0 rings (SSSR count). The molecule has 0 heterocycles. The number of nitrogens with two attached hydrogens (primary N) is 1. The number of carbonyl (C=O) groups is 5. The smallest absolute Gasteiger partial charge is 0.322 e. The van der Waals surface area contributed by atoms with Crippen molar-refractivity contribution in [2.24, 2.45) is 17.6 Å². The summed E-state index contributed by atoms with van der Waals surface area (Å²) in [6.07, 6.45) is -0.108. The van der Waals surface area contributed by atoms with Crippen LogP contribution in [0, 0.1) is 11.8 Å². The fraction of sp³-hybridized carbons (Fsp3) is 0.722. The fourth-order valence-corrected chi connectivity index (χ4v) is 2.34. The lowest BCUT2D eigenvalue weighted by molar-refractivity contribution is -0.140. The Hall–Kier alpha value is -2.69. The lowest BCUT2D eigenvalue weighted by Crippen LogP contribution is -2.58. The van der Waals surface area contributed by atoms with Crippen molar-refractivity contribution < 1.29 is 34.2 Å². The first-order chi connectivity index (χ1) is 13.4. The Labute approximate surface area is 169 Å². The molecule has 0 aliphatic heterocycles. The Kier molecular flexibility index (Phi) is 11.5. The van der Waals surface area contributed by atoms with Gasteiger partial charge < -0.3 is 31.9 Å². The van der Waals surface area contributed by atoms with Gasteiger partial charge in [0.1, 0.15) is 18.6 Å². The van der Waals surface area contributed by atoms with Gasteiger partial charge in [-0.15, -0.1) is 0 Å². The average Bonchev–Trinajstić information content (AvgIpc) is 2.65. The first-order valence-corrected chi connectivity index (χ1v) is 9.48. The number of carboxylic acid groups (broad SMARTS) is 2. The second-order valence-electron chi connectivity index (χ2n) is 7.25. The maximum Gasteiger partial charge on any atom is 0.322 e. The van der Waals surface area contributed by atoms with Gasteiger partial charge in [0, 0.05) is 6.42 Å². The summed E-state index contributed by atoms with van der Waals surface area (Å²) in [6, 6.07) is -3.08. The van der Waals surface area contributed by atoms with Crippen molar-refractivity contribution in [3.8, 4) is 0 Å². The van der Waals surface area contributed by atoms with Gasteiger partial charge in [-0.25, -0.2) is 0 Å². The molecule has 3 amide bonds. The average molecular weight is 416 g/mol. The predicted octanol–water partition coefficient (Wildman–Crippen LogP) is -0.949. The second kappa shape index (κ2) is 12.7. The molecule has 7 N–H and O–H groups in total. The lowest BCUT2D eigenvalue weighted by atomic mass is 9.96. The van der Waals surface area contributed by atoms with Crippen LogP contribution in [-0.2, 0) is 24.0 Å². The monoisotopic (exact) mass is 416 g/mol. The van der Waals surface area contributed by atoms with Gasteiger partial charge in [0.25, 0.3) is 0 Å². The summed E-state index contributed by atoms with van der Waals surface area (Å²) >= 11 is 0. The lowest BCUT2D eigenvalue weighted by Gasteiger charge is -2.28. The summed E-state index contributed by atoms with van der Waals surface area (Å²) < 4.78 is 0. The van der Waals surface area contributed by atoms with Gasteiger partial charge in [-0.2, -0.15) is 0 Å². The molecule has 29 heavy (non-hydrogen) atoms. The minimum atomic E-state index is -1.28. The summed E-state index contributed by atoms with van der Waals surface area (Å²) in [4.78, 5) is 58.7. The molecule has 0 saturated carbocycles. The number of hydrogen-bond donors (Lipinski definition) is 6. The van der Waals surface area contributed by atoms with Gasteiger partial charge in [0.15, 0.2) is 0 Å². The predicted molar refractivity (Wildman–Crippen MR) is 104 cm³/mol. The van der Waals surface area contributed by atoms with Gasteiger partial charge in [-0.05, 0) is 18.3 Å². The Morgan fingerprint density at radius 1 is 0.897 bits per heavy atom. The fourth-order valence-electron chi connectivity index (χ4n) is 2.34. The van der Waals surface area contributed by atoms with Crippen molar-refractivity contribution in [2.45, 2.75) is 65.1 Å². The van der Waals surface area contributed by atoms with Gasteiger partial charge in [-0.3, -0.25) is 24.0 Å². The van der Waals surface area contributed by atoms with Crippen LogP contribution in [0.5, 0.6) is 0 Å². The van der Waals surface area contributed by atoms with E-state index in [9.17, 15) is 24.0 Å². The molecule has 0 aliphatic carbocycles. The molecule has 0 aliphatic rings. The highest BCUT2D eigenvalue weighted by atomic mass is 16.4. The number of aliphatic carboxylic acids is 2. The third kappa shape index (κ3) is 9.88. The molecule has 4 atom stereocenters. The van der Waals surface area contributed by atoms with Gasteiger partial charge >= 0.3 is 11.9 Å². The molecule has 0 bridgehead atoms. The van der Waals surface area contributed by atoms with Gasteiger partial charge in [0.2, 0.25) is 17.7 Å². The zero-order valence-corrected chi connectivity index (χ0v) is 17.2. The highest BCUT2D eigenvalue weighted by Gasteiger charge is 2.31. The SMILES string of the molecule is CCC(C)C(NC(=O)C(N)C(C)C)C(=O)NC(CCC(=O)O)C(=O)NCC(=O)O. The first kappa shape index (κ1) is 26.3. The van der Waals surface area contributed by atoms with Crippen LogP contribution in [-0.4, -0.2) is 64.5 Å². The van der Waals surface area contributed by atoms with E-state index in [1.165, 1.54) is 0 Å². The maximum atomic E-state index is 12.8. The number of amides is 3. The topological polar surface area (TPSA) is 188 Å². The molecule has 0 radical (unpaired) electrons. The van der Waals surface area contributed by atoms with E-state index in [1.54, 1.807) is 20.8 Å². The largest absolute Gasteiger partial charge is 0.481 e. The van der Waals surface area contributed by atoms with Crippen LogP contribution < -0.4 is 21.7 Å². The number of hydrogen-bond acceptors (Lipinski definition) is 6. The Balaban J connectivity index is 5.36. The number of rotatable bonds is 13. The van der Waals surface area contributed by atoms with E-state index in [0.717, 1.165) is 0 Å². The van der Waals surface area contributed by atoms with E-state index < -0.39 is 60.8 Å². The summed E-state index contributed by atoms with van der Waals surface area (Å²) in [6.45, 7) is 6.41. The standard InChI is InChI=1S/C18H32N4O7/c1-5-10(4)15(22-17(28)14(19)9(2)3)18(29)21-11(6-7-12(23)24)16(27)20-8-13(25)26/h9-11,14-15H,5-8,19H2,1-4H3,(H,20,27)(H,21,29)(H,22,28)(H,23,24)(H,25,26). The molecule has 11 heteroatoms. The van der Waals surface area contributed by atoms with E-state index in [2.05, 4.69) is 16.0 Å². The second-order valence-corrected chi connectivity index (χ2v) is 7.25. The molecule has 0 fully saturated rings. The van der Waals surface area contributed by atoms with Crippen LogP contribution in [0.15, 0.2) is 0 Å². The van der Waals surface area contributed by atoms with E-state index in [4.69, 9.17) is 15.9 Å². The molecule has 0 aromatic rings. The van der Waals surface area contributed by atoms with Crippen LogP contribution in [0.4, 0.5) is 0 Å². The van der Waals surface area contributed by atoms with Crippen LogP contribution in [0.3, 0.4) is 0 Å². The summed E-state index contributed by atoms with van der Waals surface area (Å²) in [5.74, 6) is -4.92. The Bertz CT molecular complexity index is 609. The molecular formula is C18H32N4O7. The van der Waals surface area contributed by atoms with E-state index in [0.29, 0.717) is 6.42 Å². The first-order valence-electron chi connectivity index (χ1n) is 9.48. The third-order valence-corrected chi connectivity index (χ3v) is 4.51. The molecule has 0 aromatic carbocycles. The number of nitrogens with one attached hydrogen (secondary N) is 3. The summed E-state index contributed by atoms with van der Waals surface area (Å²) in [5.41, 5.74) is 5.82. The number of carbonyl (C=O) groups excluding carboxylic acids is 3. The Morgan fingerprint density at radius 3 is 1.93 bits per heavy atom. The van der Waals surface area contributed by atoms with Crippen molar-refractivity contribution in [3.63, 3.8) is 0 Å². The Morgan fingerprint density at radius 2 is 1.48 bits per heavy atom. The van der Waals surface area contributed by atoms with Crippen LogP contribution in [0.1, 0.15) is 47.0 Å². The van der Waals surface area contributed by atoms with E-state index in [1.807, 2.05) is 6.92 Å². The van der Waals surface area contributed by atoms with Crippen molar-refractivity contribution in [1.82, 2.24) is 16.0 Å². The van der Waals surface area contributed by atoms with Crippen molar-refractivity contribution in [3.05, 3.63) is 0 Å². The van der Waals surface area contributed by atoms with Crippen molar-refractivity contribution in [2.75, 3.05) is 6.54 Å². The van der Waals surface area contributed by atoms with Gasteiger partial charge in [0.05, 0.1) is 6.04 Å². The zero-order chi connectivity index (χ0) is 22.7. The van der Waals surface area contributed by atoms with Crippen LogP contribution in [0.2, 0.25) is 0 Å².